The van der Waals surface area contributed by atoms with Gasteiger partial charge in [0.25, 0.3) is 5.91 Å². The maximum Gasteiger partial charge on any atom is 0.273 e. The second kappa shape index (κ2) is 10.4. The van der Waals surface area contributed by atoms with E-state index in [0.29, 0.717) is 36.6 Å². The van der Waals surface area contributed by atoms with Crippen molar-refractivity contribution in [3.63, 3.8) is 0 Å². The Morgan fingerprint density at radius 3 is 2.52 bits per heavy atom. The number of pyridine rings is 1. The first kappa shape index (κ1) is 22.7. The molecule has 6 nitrogen and oxygen atoms in total. The van der Waals surface area contributed by atoms with Crippen molar-refractivity contribution in [2.45, 2.75) is 60.3 Å². The van der Waals surface area contributed by atoms with E-state index in [4.69, 9.17) is 4.42 Å². The highest BCUT2D eigenvalue weighted by atomic mass is 16.3. The molecule has 3 aromatic rings. The van der Waals surface area contributed by atoms with E-state index in [2.05, 4.69) is 73.0 Å². The Morgan fingerprint density at radius 2 is 1.84 bits per heavy atom. The lowest BCUT2D eigenvalue weighted by atomic mass is 10.0. The fourth-order valence-corrected chi connectivity index (χ4v) is 3.44. The lowest BCUT2D eigenvalue weighted by Gasteiger charge is -2.31. The van der Waals surface area contributed by atoms with Gasteiger partial charge >= 0.3 is 0 Å². The van der Waals surface area contributed by atoms with Crippen molar-refractivity contribution in [1.82, 2.24) is 20.2 Å². The zero-order valence-corrected chi connectivity index (χ0v) is 19.1. The second-order valence-corrected chi connectivity index (χ2v) is 8.48. The number of hydrogen-bond acceptors (Lipinski definition) is 5. The quantitative estimate of drug-likeness (QED) is 0.545. The number of carbonyl (C=O) groups is 1. The number of hydrogen-bond donors (Lipinski definition) is 1. The smallest absolute Gasteiger partial charge is 0.273 e. The molecule has 6 heteroatoms. The fourth-order valence-electron chi connectivity index (χ4n) is 3.44. The van der Waals surface area contributed by atoms with Crippen molar-refractivity contribution in [3.8, 4) is 0 Å². The number of aryl methyl sites for hydroxylation is 2. The van der Waals surface area contributed by atoms with Gasteiger partial charge in [-0.1, -0.05) is 37.6 Å². The molecule has 0 aliphatic carbocycles. The zero-order valence-electron chi connectivity index (χ0n) is 19.1. The summed E-state index contributed by atoms with van der Waals surface area (Å²) in [6.45, 7) is 12.7. The van der Waals surface area contributed by atoms with E-state index in [1.54, 1.807) is 12.4 Å². The molecule has 0 saturated carbocycles. The van der Waals surface area contributed by atoms with Gasteiger partial charge in [-0.25, -0.2) is 4.98 Å². The van der Waals surface area contributed by atoms with Gasteiger partial charge in [0.05, 0.1) is 6.54 Å². The first-order valence-corrected chi connectivity index (χ1v) is 10.7. The van der Waals surface area contributed by atoms with E-state index in [0.717, 1.165) is 12.1 Å². The van der Waals surface area contributed by atoms with E-state index in [1.807, 2.05) is 12.1 Å². The number of aromatic nitrogens is 2. The predicted octanol–water partition coefficient (Wildman–Crippen LogP) is 4.66. The van der Waals surface area contributed by atoms with Gasteiger partial charge in [0.1, 0.15) is 6.26 Å². The summed E-state index contributed by atoms with van der Waals surface area (Å²) in [7, 11) is 0. The van der Waals surface area contributed by atoms with Gasteiger partial charge in [-0.3, -0.25) is 14.7 Å². The number of benzene rings is 1. The molecule has 0 spiro atoms. The van der Waals surface area contributed by atoms with Crippen LogP contribution < -0.4 is 5.32 Å². The Bertz CT molecular complexity index is 998. The third kappa shape index (κ3) is 6.25. The lowest BCUT2D eigenvalue weighted by molar-refractivity contribution is 0.0945. The first-order chi connectivity index (χ1) is 14.8. The van der Waals surface area contributed by atoms with Crippen LogP contribution in [0.4, 0.5) is 0 Å². The molecule has 0 bridgehead atoms. The normalized spacial score (nSPS) is 12.4. The molecule has 31 heavy (non-hydrogen) atoms. The van der Waals surface area contributed by atoms with Crippen molar-refractivity contribution in [3.05, 3.63) is 82.8 Å². The van der Waals surface area contributed by atoms with E-state index in [9.17, 15) is 4.79 Å². The summed E-state index contributed by atoms with van der Waals surface area (Å²) in [5.41, 5.74) is 5.12. The number of oxazole rings is 1. The van der Waals surface area contributed by atoms with Crippen LogP contribution in [0.25, 0.3) is 0 Å². The van der Waals surface area contributed by atoms with Gasteiger partial charge in [0.15, 0.2) is 5.69 Å². The molecule has 0 aliphatic heterocycles. The molecule has 1 atom stereocenters. The van der Waals surface area contributed by atoms with Crippen LogP contribution in [-0.2, 0) is 19.6 Å². The van der Waals surface area contributed by atoms with Crippen LogP contribution in [0.3, 0.4) is 0 Å². The molecule has 0 fully saturated rings. The van der Waals surface area contributed by atoms with E-state index >= 15 is 0 Å². The van der Waals surface area contributed by atoms with Gasteiger partial charge in [0.2, 0.25) is 5.89 Å². The maximum absolute atomic E-state index is 12.5. The van der Waals surface area contributed by atoms with Crippen LogP contribution >= 0.6 is 0 Å². The van der Waals surface area contributed by atoms with Crippen LogP contribution in [0.15, 0.2) is 53.4 Å². The molecule has 2 aromatic heterocycles. The predicted molar refractivity (Wildman–Crippen MR) is 121 cm³/mol. The molecule has 1 N–H and O–H groups in total. The Morgan fingerprint density at radius 1 is 1.10 bits per heavy atom. The number of nitrogens with zero attached hydrogens (tertiary/aromatic N) is 3. The molecular formula is C25H32N4O2. The summed E-state index contributed by atoms with van der Waals surface area (Å²) in [4.78, 5) is 23.3. The Labute approximate surface area is 184 Å². The highest BCUT2D eigenvalue weighted by molar-refractivity contribution is 5.91. The van der Waals surface area contributed by atoms with Crippen LogP contribution in [0.2, 0.25) is 0 Å². The van der Waals surface area contributed by atoms with Gasteiger partial charge in [-0.15, -0.1) is 0 Å². The Balaban J connectivity index is 1.68. The standard InChI is InChI=1S/C25H32N4O2/c1-17(2)20(5)29(14-22-7-6-18(3)12-19(22)4)15-24-28-23(16-31-24)25(30)27-13-21-8-10-26-11-9-21/h6-12,16-17,20H,13-15H2,1-5H3,(H,27,30). The molecule has 2 heterocycles. The highest BCUT2D eigenvalue weighted by Crippen LogP contribution is 2.20. The highest BCUT2D eigenvalue weighted by Gasteiger charge is 2.21. The third-order valence-corrected chi connectivity index (χ3v) is 5.74. The molecule has 1 aromatic carbocycles. The number of rotatable bonds is 9. The van der Waals surface area contributed by atoms with Crippen molar-refractivity contribution in [2.24, 2.45) is 5.92 Å². The number of carbonyl (C=O) groups excluding carboxylic acids is 1. The van der Waals surface area contributed by atoms with Gasteiger partial charge in [0, 0.05) is 31.5 Å². The maximum atomic E-state index is 12.5. The topological polar surface area (TPSA) is 71.3 Å². The lowest BCUT2D eigenvalue weighted by Crippen LogP contribution is -2.36. The van der Waals surface area contributed by atoms with Crippen LogP contribution in [0, 0.1) is 19.8 Å². The first-order valence-electron chi connectivity index (χ1n) is 10.7. The SMILES string of the molecule is Cc1ccc(CN(Cc2nc(C(=O)NCc3ccncc3)co2)C(C)C(C)C)c(C)c1. The minimum Gasteiger partial charge on any atom is -0.447 e. The second-order valence-electron chi connectivity index (χ2n) is 8.48. The van der Waals surface area contributed by atoms with Crippen LogP contribution in [-0.4, -0.2) is 26.8 Å². The molecule has 1 unspecified atom stereocenters. The van der Waals surface area contributed by atoms with E-state index in [-0.39, 0.29) is 5.91 Å². The van der Waals surface area contributed by atoms with E-state index < -0.39 is 0 Å². The van der Waals surface area contributed by atoms with Crippen LogP contribution in [0.1, 0.15) is 59.4 Å². The largest absolute Gasteiger partial charge is 0.447 e. The summed E-state index contributed by atoms with van der Waals surface area (Å²) in [6.07, 6.45) is 4.85. The fraction of sp³-hybridized carbons (Fsp3) is 0.400. The zero-order chi connectivity index (χ0) is 22.4. The van der Waals surface area contributed by atoms with Crippen molar-refractivity contribution in [2.75, 3.05) is 0 Å². The Kier molecular flexibility index (Phi) is 7.58. The monoisotopic (exact) mass is 420 g/mol. The number of amides is 1. The average Bonchev–Trinajstić information content (AvgIpc) is 3.22. The minimum absolute atomic E-state index is 0.246. The van der Waals surface area contributed by atoms with Crippen molar-refractivity contribution >= 4 is 5.91 Å². The molecule has 0 radical (unpaired) electrons. The summed E-state index contributed by atoms with van der Waals surface area (Å²) in [5.74, 6) is 0.778. The summed E-state index contributed by atoms with van der Waals surface area (Å²) >= 11 is 0. The molecule has 0 aliphatic rings. The summed E-state index contributed by atoms with van der Waals surface area (Å²) in [6, 6.07) is 10.6. The van der Waals surface area contributed by atoms with Gasteiger partial charge < -0.3 is 9.73 Å². The number of nitrogens with one attached hydrogen (secondary N) is 1. The van der Waals surface area contributed by atoms with Crippen molar-refractivity contribution < 1.29 is 9.21 Å². The Hall–Kier alpha value is -2.99. The van der Waals surface area contributed by atoms with Crippen LogP contribution in [0.5, 0.6) is 0 Å². The van der Waals surface area contributed by atoms with Crippen molar-refractivity contribution in [1.29, 1.82) is 0 Å². The molecule has 0 saturated heterocycles. The molecule has 164 valence electrons. The summed E-state index contributed by atoms with van der Waals surface area (Å²) in [5, 5.41) is 2.87. The van der Waals surface area contributed by atoms with E-state index in [1.165, 1.54) is 23.0 Å². The molecular weight excluding hydrogens is 388 g/mol. The molecule has 3 rings (SSSR count). The molecule has 1 amide bonds. The van der Waals surface area contributed by atoms with Gasteiger partial charge in [-0.05, 0) is 55.5 Å². The third-order valence-electron chi connectivity index (χ3n) is 5.74. The average molecular weight is 421 g/mol. The minimum atomic E-state index is -0.246. The van der Waals surface area contributed by atoms with Gasteiger partial charge in [-0.2, -0.15) is 0 Å². The summed E-state index contributed by atoms with van der Waals surface area (Å²) < 4.78 is 5.66.